The van der Waals surface area contributed by atoms with Crippen LogP contribution in [0.4, 0.5) is 27.2 Å². The van der Waals surface area contributed by atoms with Gasteiger partial charge in [-0.05, 0) is 59.1 Å². The molecule has 2 aromatic carbocycles. The van der Waals surface area contributed by atoms with Gasteiger partial charge in [0.15, 0.2) is 5.79 Å². The molecule has 4 atom stereocenters. The molecule has 3 fully saturated rings. The molecule has 5 heterocycles. The lowest BCUT2D eigenvalue weighted by molar-refractivity contribution is -0.225. The van der Waals surface area contributed by atoms with E-state index in [1.807, 2.05) is 13.8 Å². The van der Waals surface area contributed by atoms with Gasteiger partial charge in [0.05, 0.1) is 58.0 Å². The van der Waals surface area contributed by atoms with E-state index in [0.29, 0.717) is 49.4 Å². The van der Waals surface area contributed by atoms with Crippen molar-refractivity contribution in [3.05, 3.63) is 71.3 Å². The first-order valence-electron chi connectivity index (χ1n) is 21.3. The maximum atomic E-state index is 16.3. The number of alkyl carbamates (subject to hydrolysis) is 2. The number of carbonyl (C=O) groups is 4. The second kappa shape index (κ2) is 17.0. The van der Waals surface area contributed by atoms with Crippen LogP contribution in [0.1, 0.15) is 81.9 Å². The van der Waals surface area contributed by atoms with Gasteiger partial charge in [0.25, 0.3) is 0 Å². The van der Waals surface area contributed by atoms with Crippen LogP contribution in [0, 0.1) is 11.8 Å². The number of amides is 4. The number of aromatic amines is 1. The second-order valence-corrected chi connectivity index (χ2v) is 17.5. The molecule has 15 nitrogen and oxygen atoms in total. The van der Waals surface area contributed by atoms with Crippen molar-refractivity contribution in [3.63, 3.8) is 0 Å². The summed E-state index contributed by atoms with van der Waals surface area (Å²) in [6.45, 7) is 8.24. The molecule has 3 saturated heterocycles. The summed E-state index contributed by atoms with van der Waals surface area (Å²) in [5, 5.41) is 5.20. The first-order chi connectivity index (χ1) is 30.4. The maximum Gasteiger partial charge on any atom is 0.407 e. The molecule has 4 aliphatic heterocycles. The maximum absolute atomic E-state index is 16.3. The summed E-state index contributed by atoms with van der Waals surface area (Å²) in [5.41, 5.74) is 0.120. The summed E-state index contributed by atoms with van der Waals surface area (Å²) >= 11 is 0. The van der Waals surface area contributed by atoms with Crippen LogP contribution in [0.5, 0.6) is 0 Å². The molecule has 8 rings (SSSR count). The molecule has 3 aromatic rings. The van der Waals surface area contributed by atoms with Crippen molar-refractivity contribution in [2.24, 2.45) is 16.8 Å². The van der Waals surface area contributed by atoms with Gasteiger partial charge in [-0.2, -0.15) is 17.6 Å². The predicted octanol–water partition coefficient (Wildman–Crippen LogP) is 6.90. The number of aromatic nitrogens is 2. The third-order valence-electron chi connectivity index (χ3n) is 12.8. The van der Waals surface area contributed by atoms with Crippen molar-refractivity contribution in [3.8, 4) is 22.4 Å². The average molecular weight is 894 g/mol. The van der Waals surface area contributed by atoms with E-state index in [0.717, 1.165) is 12.1 Å². The number of fused-ring (bicyclic) bond motifs is 3. The molecule has 3 N–H and O–H groups in total. The van der Waals surface area contributed by atoms with E-state index < -0.39 is 71.0 Å². The third kappa shape index (κ3) is 7.79. The average Bonchev–Trinajstić information content (AvgIpc) is 4.14. The Morgan fingerprint density at radius 1 is 0.812 bits per heavy atom. The highest BCUT2D eigenvalue weighted by Gasteiger charge is 2.63. The molecule has 64 heavy (non-hydrogen) atoms. The van der Waals surface area contributed by atoms with Gasteiger partial charge in [-0.15, -0.1) is 0 Å². The van der Waals surface area contributed by atoms with Gasteiger partial charge in [0.2, 0.25) is 11.8 Å². The number of ether oxygens (including phenoxy) is 4. The van der Waals surface area contributed by atoms with Crippen LogP contribution >= 0.6 is 0 Å². The molecule has 0 saturated carbocycles. The smallest absolute Gasteiger partial charge is 0.407 e. The zero-order valence-corrected chi connectivity index (χ0v) is 36.3. The Labute approximate surface area is 366 Å². The van der Waals surface area contributed by atoms with Gasteiger partial charge < -0.3 is 44.4 Å². The minimum atomic E-state index is -4.62. The zero-order valence-electron chi connectivity index (χ0n) is 36.3. The number of nitrogens with one attached hydrogen (secondary N) is 3. The summed E-state index contributed by atoms with van der Waals surface area (Å²) in [5.74, 6) is -11.4. The number of methoxy groups -OCH3 is 2. The van der Waals surface area contributed by atoms with Crippen LogP contribution in [-0.2, 0) is 40.4 Å². The summed E-state index contributed by atoms with van der Waals surface area (Å²) < 4.78 is 86.5. The van der Waals surface area contributed by atoms with E-state index in [1.165, 1.54) is 43.6 Å². The van der Waals surface area contributed by atoms with Crippen LogP contribution in [0.2, 0.25) is 0 Å². The molecule has 4 amide bonds. The summed E-state index contributed by atoms with van der Waals surface area (Å²) in [4.78, 5) is 67.2. The Bertz CT molecular complexity index is 2410. The lowest BCUT2D eigenvalue weighted by atomic mass is 9.78. The van der Waals surface area contributed by atoms with Gasteiger partial charge in [-0.1, -0.05) is 52.0 Å². The van der Waals surface area contributed by atoms with E-state index in [-0.39, 0.29) is 65.3 Å². The Balaban J connectivity index is 1.04. The second-order valence-electron chi connectivity index (χ2n) is 17.5. The number of imidazole rings is 1. The van der Waals surface area contributed by atoms with E-state index in [1.54, 1.807) is 30.9 Å². The molecule has 19 heteroatoms. The van der Waals surface area contributed by atoms with Gasteiger partial charge >= 0.3 is 24.0 Å². The lowest BCUT2D eigenvalue weighted by Crippen LogP contribution is -2.53. The molecule has 1 spiro atoms. The van der Waals surface area contributed by atoms with Crippen molar-refractivity contribution in [2.45, 2.75) is 95.2 Å². The van der Waals surface area contributed by atoms with E-state index in [4.69, 9.17) is 18.9 Å². The minimum Gasteiger partial charge on any atom is -0.453 e. The van der Waals surface area contributed by atoms with Crippen LogP contribution < -0.4 is 10.6 Å². The Hall–Kier alpha value is -5.82. The number of hydrogen-bond donors (Lipinski definition) is 3. The van der Waals surface area contributed by atoms with Crippen molar-refractivity contribution in [1.82, 2.24) is 30.4 Å². The quantitative estimate of drug-likeness (QED) is 0.183. The predicted molar refractivity (Wildman–Crippen MR) is 224 cm³/mol. The molecule has 1 aliphatic carbocycles. The Morgan fingerprint density at radius 2 is 1.38 bits per heavy atom. The Morgan fingerprint density at radius 3 is 1.95 bits per heavy atom. The monoisotopic (exact) mass is 893 g/mol. The number of nitrogens with zero attached hydrogens (tertiary/aromatic N) is 4. The van der Waals surface area contributed by atoms with Crippen LogP contribution in [0.15, 0.2) is 53.8 Å². The normalized spacial score (nSPS) is 22.5. The molecule has 0 bridgehead atoms. The van der Waals surface area contributed by atoms with Crippen molar-refractivity contribution in [2.75, 3.05) is 40.5 Å². The molecule has 5 aliphatic rings. The lowest BCUT2D eigenvalue weighted by Gasteiger charge is -2.35. The third-order valence-corrected chi connectivity index (χ3v) is 12.8. The van der Waals surface area contributed by atoms with Gasteiger partial charge in [-0.25, -0.2) is 14.6 Å². The zero-order chi connectivity index (χ0) is 45.9. The summed E-state index contributed by atoms with van der Waals surface area (Å²) in [7, 11) is 2.41. The van der Waals surface area contributed by atoms with Gasteiger partial charge in [0.1, 0.15) is 17.9 Å². The fraction of sp³-hybridized carbons (Fsp3) is 0.511. The van der Waals surface area contributed by atoms with E-state index in [2.05, 4.69) is 25.6 Å². The first kappa shape index (κ1) is 44.8. The number of aliphatic imine (C=N–C) groups is 1. The SMILES string of the molecule is COC(=O)N[C@H](C(=O)N1CCC[C@H]1C1=NC=C(c2ccc3c(c2)C(F)(F)C(F)(F)c2cc(-c4cnc([C@@H]5CC6(CN5C(=O)[C@@H](NC(=O)OC)C(C)C)OCCO6)[nH]4)ccc2-3)C1)C(C)C. The van der Waals surface area contributed by atoms with Crippen molar-refractivity contribution >= 4 is 35.3 Å². The number of benzene rings is 2. The van der Waals surface area contributed by atoms with Gasteiger partial charge in [0, 0.05) is 48.0 Å². The molecule has 342 valence electrons. The number of likely N-dealkylation sites (tertiary alicyclic amines) is 2. The number of rotatable bonds is 10. The molecule has 0 radical (unpaired) electrons. The Kier molecular flexibility index (Phi) is 11.9. The fourth-order valence-corrected chi connectivity index (χ4v) is 9.42. The summed E-state index contributed by atoms with van der Waals surface area (Å²) in [6, 6.07) is 5.17. The number of H-pyrrole nitrogens is 1. The number of carbonyl (C=O) groups excluding carboxylic acids is 4. The molecule has 1 aromatic heterocycles. The van der Waals surface area contributed by atoms with E-state index in [9.17, 15) is 19.2 Å². The topological polar surface area (TPSA) is 177 Å². The molecular weight excluding hydrogens is 843 g/mol. The number of hydrogen-bond acceptors (Lipinski definition) is 10. The first-order valence-corrected chi connectivity index (χ1v) is 21.3. The van der Waals surface area contributed by atoms with Crippen molar-refractivity contribution in [1.29, 1.82) is 0 Å². The minimum absolute atomic E-state index is 0.0297. The van der Waals surface area contributed by atoms with Gasteiger partial charge in [-0.3, -0.25) is 14.6 Å². The largest absolute Gasteiger partial charge is 0.453 e. The highest BCUT2D eigenvalue weighted by atomic mass is 19.3. The highest BCUT2D eigenvalue weighted by Crippen LogP contribution is 2.59. The van der Waals surface area contributed by atoms with Crippen LogP contribution in [-0.4, -0.2) is 114 Å². The van der Waals surface area contributed by atoms with Crippen molar-refractivity contribution < 1.29 is 55.7 Å². The fourth-order valence-electron chi connectivity index (χ4n) is 9.42. The number of halogens is 4. The number of alkyl halides is 4. The van der Waals surface area contributed by atoms with Crippen LogP contribution in [0.3, 0.4) is 0 Å². The standard InChI is InChI=1S/C45H51F4N7O8/c1-23(2)36(53-41(59)61-5)39(57)55-13-7-8-34(55)32-18-27(20-50-32)25-9-11-28-29-12-10-26(17-31(29)45(48,49)44(46,47)30(28)16-25)33-21-51-38(52-33)35-19-43(63-14-15-64-43)22-56(35)40(58)37(24(3)4)54-42(60)62-6/h9-12,16-17,20-21,23-24,34-37H,7-8,13-15,18-19,22H2,1-6H3,(H,51,52)(H,53,59)(H,54,60)/t34-,35-,36-,37-/m0/s1. The van der Waals surface area contributed by atoms with E-state index >= 15 is 17.6 Å². The van der Waals surface area contributed by atoms with Crippen LogP contribution in [0.25, 0.3) is 28.0 Å². The number of allylic oxidation sites excluding steroid dienone is 1. The summed E-state index contributed by atoms with van der Waals surface area (Å²) in [6.07, 6.45) is 3.11. The molecule has 0 unspecified atom stereocenters. The highest BCUT2D eigenvalue weighted by molar-refractivity contribution is 6.04. The molecular formula is C45H51F4N7O8.